The van der Waals surface area contributed by atoms with Gasteiger partial charge in [-0.25, -0.2) is 0 Å². The predicted octanol–water partition coefficient (Wildman–Crippen LogP) is 4.74. The minimum atomic E-state index is -0.433. The van der Waals surface area contributed by atoms with Gasteiger partial charge in [0, 0.05) is 10.8 Å². The number of benzene rings is 1. The standard InChI is InChI=1S/C23H28N2O2S/c1-23(2,3)14-9-10-15-18(11-14)28-22(19(15)20(24)26)25-21(27)17-12-16(17)13-7-5-4-6-8-13/h4-8,14,16-17H,9-12H2,1-3H3,(H2,24,26)(H,25,27)/t14-,16+,17-/m1/s1. The van der Waals surface area contributed by atoms with E-state index >= 15 is 0 Å². The molecule has 148 valence electrons. The van der Waals surface area contributed by atoms with Crippen LogP contribution in [-0.2, 0) is 17.6 Å². The van der Waals surface area contributed by atoms with E-state index in [4.69, 9.17) is 5.73 Å². The molecule has 0 spiro atoms. The monoisotopic (exact) mass is 396 g/mol. The zero-order chi connectivity index (χ0) is 20.1. The summed E-state index contributed by atoms with van der Waals surface area (Å²) in [6.07, 6.45) is 3.73. The second-order valence-corrected chi connectivity index (χ2v) is 10.3. The minimum absolute atomic E-state index is 0.00215. The highest BCUT2D eigenvalue weighted by molar-refractivity contribution is 7.17. The van der Waals surface area contributed by atoms with E-state index in [0.717, 1.165) is 31.2 Å². The van der Waals surface area contributed by atoms with Gasteiger partial charge in [-0.15, -0.1) is 11.3 Å². The van der Waals surface area contributed by atoms with Crippen LogP contribution in [0.25, 0.3) is 0 Å². The van der Waals surface area contributed by atoms with E-state index in [9.17, 15) is 9.59 Å². The van der Waals surface area contributed by atoms with Gasteiger partial charge >= 0.3 is 0 Å². The normalized spacial score (nSPS) is 23.8. The lowest BCUT2D eigenvalue weighted by Gasteiger charge is -2.33. The number of carbonyl (C=O) groups is 2. The van der Waals surface area contributed by atoms with Crippen LogP contribution in [0.1, 0.15) is 65.9 Å². The number of nitrogens with one attached hydrogen (secondary N) is 1. The second-order valence-electron chi connectivity index (χ2n) is 9.23. The first kappa shape index (κ1) is 19.2. The topological polar surface area (TPSA) is 72.2 Å². The van der Waals surface area contributed by atoms with Crippen LogP contribution >= 0.6 is 11.3 Å². The van der Waals surface area contributed by atoms with E-state index in [1.54, 1.807) is 11.3 Å². The Morgan fingerprint density at radius 2 is 1.89 bits per heavy atom. The molecule has 0 radical (unpaired) electrons. The Balaban J connectivity index is 1.53. The van der Waals surface area contributed by atoms with Gasteiger partial charge in [-0.2, -0.15) is 0 Å². The van der Waals surface area contributed by atoms with Crippen molar-refractivity contribution < 1.29 is 9.59 Å². The van der Waals surface area contributed by atoms with Gasteiger partial charge in [-0.05, 0) is 54.1 Å². The molecule has 5 heteroatoms. The molecule has 2 aliphatic rings. The van der Waals surface area contributed by atoms with Crippen LogP contribution in [0, 0.1) is 17.3 Å². The molecule has 0 bridgehead atoms. The third-order valence-electron chi connectivity index (χ3n) is 6.33. The third kappa shape index (κ3) is 3.60. The molecule has 3 N–H and O–H groups in total. The molecule has 4 nitrogen and oxygen atoms in total. The molecule has 3 atom stereocenters. The molecule has 2 aliphatic carbocycles. The highest BCUT2D eigenvalue weighted by Gasteiger charge is 2.44. The smallest absolute Gasteiger partial charge is 0.251 e. The summed E-state index contributed by atoms with van der Waals surface area (Å²) in [5.41, 5.74) is 8.74. The van der Waals surface area contributed by atoms with Gasteiger partial charge in [0.1, 0.15) is 5.00 Å². The van der Waals surface area contributed by atoms with Gasteiger partial charge in [0.25, 0.3) is 5.91 Å². The van der Waals surface area contributed by atoms with E-state index in [1.165, 1.54) is 10.4 Å². The molecule has 2 amide bonds. The van der Waals surface area contributed by atoms with Crippen molar-refractivity contribution in [3.05, 3.63) is 51.9 Å². The van der Waals surface area contributed by atoms with E-state index in [2.05, 4.69) is 38.2 Å². The number of hydrogen-bond donors (Lipinski definition) is 2. The summed E-state index contributed by atoms with van der Waals surface area (Å²) in [4.78, 5) is 26.2. The highest BCUT2D eigenvalue weighted by Crippen LogP contribution is 2.49. The number of carbonyl (C=O) groups excluding carboxylic acids is 2. The number of rotatable bonds is 4. The third-order valence-corrected chi connectivity index (χ3v) is 7.50. The summed E-state index contributed by atoms with van der Waals surface area (Å²) >= 11 is 1.55. The summed E-state index contributed by atoms with van der Waals surface area (Å²) in [5.74, 6) is 0.399. The molecule has 0 unspecified atom stereocenters. The van der Waals surface area contributed by atoms with Crippen molar-refractivity contribution in [2.75, 3.05) is 5.32 Å². The van der Waals surface area contributed by atoms with Gasteiger partial charge in [-0.1, -0.05) is 51.1 Å². The van der Waals surface area contributed by atoms with Crippen molar-refractivity contribution in [1.29, 1.82) is 0 Å². The molecule has 0 aliphatic heterocycles. The highest BCUT2D eigenvalue weighted by atomic mass is 32.1. The zero-order valence-corrected chi connectivity index (χ0v) is 17.6. The number of thiophene rings is 1. The van der Waals surface area contributed by atoms with Gasteiger partial charge < -0.3 is 11.1 Å². The molecule has 1 aromatic heterocycles. The van der Waals surface area contributed by atoms with Gasteiger partial charge in [0.2, 0.25) is 5.91 Å². The summed E-state index contributed by atoms with van der Waals surface area (Å²) in [6.45, 7) is 6.81. The lowest BCUT2D eigenvalue weighted by atomic mass is 9.72. The number of nitrogens with two attached hydrogens (primary N) is 1. The van der Waals surface area contributed by atoms with E-state index in [-0.39, 0.29) is 23.2 Å². The maximum Gasteiger partial charge on any atom is 0.251 e. The lowest BCUT2D eigenvalue weighted by Crippen LogP contribution is -2.27. The second kappa shape index (κ2) is 7.03. The first-order valence-corrected chi connectivity index (χ1v) is 10.9. The van der Waals surface area contributed by atoms with Crippen molar-refractivity contribution in [1.82, 2.24) is 0 Å². The average Bonchev–Trinajstić information content (AvgIpc) is 3.36. The first-order valence-electron chi connectivity index (χ1n) is 10.1. The molecular weight excluding hydrogens is 368 g/mol. The van der Waals surface area contributed by atoms with Crippen LogP contribution in [0.15, 0.2) is 30.3 Å². The Bertz CT molecular complexity index is 911. The summed E-state index contributed by atoms with van der Waals surface area (Å²) in [7, 11) is 0. The molecular formula is C23H28N2O2S. The van der Waals surface area contributed by atoms with Crippen LogP contribution in [0.4, 0.5) is 5.00 Å². The van der Waals surface area contributed by atoms with Crippen LogP contribution in [0.5, 0.6) is 0 Å². The number of amides is 2. The van der Waals surface area contributed by atoms with Crippen molar-refractivity contribution in [2.24, 2.45) is 23.0 Å². The van der Waals surface area contributed by atoms with Gasteiger partial charge in [-0.3, -0.25) is 9.59 Å². The van der Waals surface area contributed by atoms with Crippen LogP contribution in [0.2, 0.25) is 0 Å². The van der Waals surface area contributed by atoms with Crippen molar-refractivity contribution >= 4 is 28.2 Å². The molecule has 1 heterocycles. The van der Waals surface area contributed by atoms with Gasteiger partial charge in [0.15, 0.2) is 0 Å². The Morgan fingerprint density at radius 1 is 1.18 bits per heavy atom. The lowest BCUT2D eigenvalue weighted by molar-refractivity contribution is -0.117. The van der Waals surface area contributed by atoms with Crippen LogP contribution < -0.4 is 11.1 Å². The summed E-state index contributed by atoms with van der Waals surface area (Å²) in [5, 5.41) is 3.69. The van der Waals surface area contributed by atoms with Crippen molar-refractivity contribution in [2.45, 2.75) is 52.4 Å². The molecule has 1 fully saturated rings. The Kier molecular flexibility index (Phi) is 4.82. The first-order chi connectivity index (χ1) is 13.3. The zero-order valence-electron chi connectivity index (χ0n) is 16.7. The van der Waals surface area contributed by atoms with Crippen LogP contribution in [-0.4, -0.2) is 11.8 Å². The predicted molar refractivity (Wildman–Crippen MR) is 114 cm³/mol. The number of primary amides is 1. The van der Waals surface area contributed by atoms with E-state index in [0.29, 0.717) is 16.5 Å². The molecule has 28 heavy (non-hydrogen) atoms. The molecule has 1 saturated carbocycles. The molecule has 4 rings (SSSR count). The maximum atomic E-state index is 12.8. The summed E-state index contributed by atoms with van der Waals surface area (Å²) < 4.78 is 0. The van der Waals surface area contributed by atoms with Crippen molar-refractivity contribution in [3.8, 4) is 0 Å². The Labute approximate surface area is 170 Å². The fourth-order valence-corrected chi connectivity index (χ4v) is 5.77. The van der Waals surface area contributed by atoms with Gasteiger partial charge in [0.05, 0.1) is 5.56 Å². The van der Waals surface area contributed by atoms with Crippen LogP contribution in [0.3, 0.4) is 0 Å². The number of anilines is 1. The molecule has 0 saturated heterocycles. The van der Waals surface area contributed by atoms with E-state index in [1.807, 2.05) is 18.2 Å². The SMILES string of the molecule is CC(C)(C)[C@@H]1CCc2c(sc(NC(=O)[C@@H]3C[C@H]3c3ccccc3)c2C(N)=O)C1. The summed E-state index contributed by atoms with van der Waals surface area (Å²) in [6, 6.07) is 10.1. The maximum absolute atomic E-state index is 12.8. The Hall–Kier alpha value is -2.14. The van der Waals surface area contributed by atoms with Crippen molar-refractivity contribution in [3.63, 3.8) is 0 Å². The fraction of sp³-hybridized carbons (Fsp3) is 0.478. The molecule has 2 aromatic rings. The minimum Gasteiger partial charge on any atom is -0.365 e. The quantitative estimate of drug-likeness (QED) is 0.783. The Morgan fingerprint density at radius 3 is 2.54 bits per heavy atom. The average molecular weight is 397 g/mol. The largest absolute Gasteiger partial charge is 0.365 e. The number of hydrogen-bond acceptors (Lipinski definition) is 3. The molecule has 1 aromatic carbocycles. The van der Waals surface area contributed by atoms with E-state index < -0.39 is 5.91 Å². The number of fused-ring (bicyclic) bond motifs is 1. The fourth-order valence-electron chi connectivity index (χ4n) is 4.43.